The van der Waals surface area contributed by atoms with E-state index in [9.17, 15) is 4.79 Å². The molecule has 13 heavy (non-hydrogen) atoms. The lowest BCUT2D eigenvalue weighted by Gasteiger charge is -1.97. The van der Waals surface area contributed by atoms with E-state index in [-0.39, 0.29) is 23.7 Å². The number of anilines is 1. The van der Waals surface area contributed by atoms with Crippen molar-refractivity contribution >= 4 is 17.1 Å². The molecule has 2 aromatic heterocycles. The summed E-state index contributed by atoms with van der Waals surface area (Å²) in [6.07, 6.45) is 1.45. The Morgan fingerprint density at radius 1 is 1.62 bits per heavy atom. The van der Waals surface area contributed by atoms with Gasteiger partial charge in [-0.15, -0.1) is 0 Å². The Morgan fingerprint density at radius 2 is 2.38 bits per heavy atom. The van der Waals surface area contributed by atoms with E-state index in [0.717, 1.165) is 0 Å². The molecule has 0 saturated carbocycles. The molecule has 0 saturated heterocycles. The minimum atomic E-state index is -0.352. The van der Waals surface area contributed by atoms with Crippen LogP contribution in [-0.4, -0.2) is 19.5 Å². The molecule has 7 nitrogen and oxygen atoms in total. The Balaban J connectivity index is 2.90. The lowest BCUT2D eigenvalue weighted by atomic mass is 10.5. The minimum Gasteiger partial charge on any atom is -0.369 e. The van der Waals surface area contributed by atoms with Gasteiger partial charge in [-0.2, -0.15) is 4.98 Å². The number of nitrogens with one attached hydrogen (secondary N) is 1. The van der Waals surface area contributed by atoms with Gasteiger partial charge in [-0.1, -0.05) is 0 Å². The number of nitrogen functional groups attached to an aromatic ring is 1. The number of hydrogen-bond acceptors (Lipinski definition) is 5. The first kappa shape index (κ1) is 7.74. The van der Waals surface area contributed by atoms with E-state index < -0.39 is 0 Å². The van der Waals surface area contributed by atoms with Gasteiger partial charge in [-0.25, -0.2) is 4.98 Å². The first-order chi connectivity index (χ1) is 6.22. The van der Waals surface area contributed by atoms with Gasteiger partial charge < -0.3 is 16.0 Å². The average molecular weight is 180 g/mol. The fourth-order valence-corrected chi connectivity index (χ4v) is 1.10. The number of rotatable bonds is 1. The second kappa shape index (κ2) is 2.56. The molecule has 0 aromatic carbocycles. The van der Waals surface area contributed by atoms with Gasteiger partial charge in [0.05, 0.1) is 13.0 Å². The number of aromatic nitrogens is 4. The van der Waals surface area contributed by atoms with Gasteiger partial charge >= 0.3 is 0 Å². The van der Waals surface area contributed by atoms with Gasteiger partial charge in [-0.3, -0.25) is 9.78 Å². The Kier molecular flexibility index (Phi) is 1.52. The molecule has 7 heteroatoms. The quantitative estimate of drug-likeness (QED) is 0.500. The van der Waals surface area contributed by atoms with Crippen LogP contribution in [0.15, 0.2) is 11.1 Å². The molecule has 0 spiro atoms. The molecule has 0 amide bonds. The first-order valence-corrected chi connectivity index (χ1v) is 3.63. The van der Waals surface area contributed by atoms with Crippen molar-refractivity contribution in [1.82, 2.24) is 19.5 Å². The summed E-state index contributed by atoms with van der Waals surface area (Å²) in [5.41, 5.74) is 11.1. The van der Waals surface area contributed by atoms with E-state index in [0.29, 0.717) is 5.65 Å². The normalized spacial score (nSPS) is 10.8. The molecule has 0 atom stereocenters. The van der Waals surface area contributed by atoms with Gasteiger partial charge in [0.2, 0.25) is 5.95 Å². The Hall–Kier alpha value is -1.89. The van der Waals surface area contributed by atoms with Crippen molar-refractivity contribution in [3.8, 4) is 0 Å². The summed E-state index contributed by atoms with van der Waals surface area (Å²) in [7, 11) is 0. The summed E-state index contributed by atoms with van der Waals surface area (Å²) in [5, 5.41) is 0. The number of imidazole rings is 1. The van der Waals surface area contributed by atoms with Crippen LogP contribution in [0, 0.1) is 0 Å². The van der Waals surface area contributed by atoms with Gasteiger partial charge in [0.1, 0.15) is 0 Å². The fourth-order valence-electron chi connectivity index (χ4n) is 1.10. The highest BCUT2D eigenvalue weighted by Crippen LogP contribution is 2.04. The molecule has 0 fully saturated rings. The summed E-state index contributed by atoms with van der Waals surface area (Å²) in [4.78, 5) is 21.3. The smallest absolute Gasteiger partial charge is 0.280 e. The number of H-pyrrole nitrogens is 1. The molecule has 68 valence electrons. The van der Waals surface area contributed by atoms with E-state index >= 15 is 0 Å². The van der Waals surface area contributed by atoms with Crippen LogP contribution in [0.25, 0.3) is 11.2 Å². The Labute approximate surface area is 72.4 Å². The average Bonchev–Trinajstić information content (AvgIpc) is 2.47. The predicted octanol–water partition coefficient (Wildman–Crippen LogP) is -1.38. The molecule has 5 N–H and O–H groups in total. The molecule has 0 aliphatic carbocycles. The summed E-state index contributed by atoms with van der Waals surface area (Å²) >= 11 is 0. The van der Waals surface area contributed by atoms with E-state index in [1.807, 2.05) is 0 Å². The molecular weight excluding hydrogens is 172 g/mol. The van der Waals surface area contributed by atoms with Gasteiger partial charge in [0.25, 0.3) is 5.56 Å². The van der Waals surface area contributed by atoms with Gasteiger partial charge in [-0.05, 0) is 0 Å². The fraction of sp³-hybridized carbons (Fsp3) is 0.167. The standard InChI is InChI=1S/C6H8N6O/c7-1-12-2-9-3-4(12)10-6(8)11-5(3)13/h2H,1,7H2,(H3,8,10,11,13). The predicted molar refractivity (Wildman–Crippen MR) is 46.7 cm³/mol. The molecule has 2 rings (SSSR count). The summed E-state index contributed by atoms with van der Waals surface area (Å²) in [6.45, 7) is 0.215. The topological polar surface area (TPSA) is 116 Å². The lowest BCUT2D eigenvalue weighted by molar-refractivity contribution is 0.747. The summed E-state index contributed by atoms with van der Waals surface area (Å²) < 4.78 is 1.54. The van der Waals surface area contributed by atoms with Crippen LogP contribution in [0.2, 0.25) is 0 Å². The van der Waals surface area contributed by atoms with E-state index in [2.05, 4.69) is 15.0 Å². The van der Waals surface area contributed by atoms with Crippen molar-refractivity contribution in [2.45, 2.75) is 6.67 Å². The van der Waals surface area contributed by atoms with Crippen molar-refractivity contribution in [2.24, 2.45) is 5.73 Å². The van der Waals surface area contributed by atoms with Crippen LogP contribution in [0.3, 0.4) is 0 Å². The second-order valence-electron chi connectivity index (χ2n) is 2.52. The van der Waals surface area contributed by atoms with Crippen LogP contribution in [0.5, 0.6) is 0 Å². The Morgan fingerprint density at radius 3 is 3.08 bits per heavy atom. The monoisotopic (exact) mass is 180 g/mol. The second-order valence-corrected chi connectivity index (χ2v) is 2.52. The molecular formula is C6H8N6O. The molecule has 0 aliphatic rings. The number of hydrogen-bond donors (Lipinski definition) is 3. The lowest BCUT2D eigenvalue weighted by Crippen LogP contribution is -2.13. The third kappa shape index (κ3) is 1.05. The maximum atomic E-state index is 11.2. The van der Waals surface area contributed by atoms with Crippen molar-refractivity contribution in [3.63, 3.8) is 0 Å². The number of aromatic amines is 1. The zero-order valence-corrected chi connectivity index (χ0v) is 6.69. The maximum Gasteiger partial charge on any atom is 0.280 e. The minimum absolute atomic E-state index is 0.0627. The van der Waals surface area contributed by atoms with Crippen LogP contribution in [0.1, 0.15) is 0 Å². The SMILES string of the molecule is NCn1cnc2c(=O)[nH]c(N)nc21. The third-order valence-electron chi connectivity index (χ3n) is 1.69. The zero-order chi connectivity index (χ0) is 9.42. The van der Waals surface area contributed by atoms with Crippen molar-refractivity contribution in [3.05, 3.63) is 16.7 Å². The van der Waals surface area contributed by atoms with Crippen LogP contribution in [-0.2, 0) is 6.67 Å². The molecule has 2 heterocycles. The van der Waals surface area contributed by atoms with Crippen LogP contribution in [0.4, 0.5) is 5.95 Å². The largest absolute Gasteiger partial charge is 0.369 e. The number of fused-ring (bicyclic) bond motifs is 1. The zero-order valence-electron chi connectivity index (χ0n) is 6.69. The number of nitrogens with two attached hydrogens (primary N) is 2. The highest BCUT2D eigenvalue weighted by molar-refractivity contribution is 5.70. The van der Waals surface area contributed by atoms with Crippen molar-refractivity contribution < 1.29 is 0 Å². The molecule has 0 aliphatic heterocycles. The van der Waals surface area contributed by atoms with E-state index in [4.69, 9.17) is 11.5 Å². The molecule has 0 unspecified atom stereocenters. The van der Waals surface area contributed by atoms with Crippen molar-refractivity contribution in [2.75, 3.05) is 5.73 Å². The van der Waals surface area contributed by atoms with Crippen molar-refractivity contribution in [1.29, 1.82) is 0 Å². The first-order valence-electron chi connectivity index (χ1n) is 3.63. The Bertz CT molecular complexity index is 497. The third-order valence-corrected chi connectivity index (χ3v) is 1.69. The molecule has 0 radical (unpaired) electrons. The van der Waals surface area contributed by atoms with Gasteiger partial charge in [0, 0.05) is 0 Å². The van der Waals surface area contributed by atoms with E-state index in [1.54, 1.807) is 4.57 Å². The van der Waals surface area contributed by atoms with Crippen LogP contribution < -0.4 is 17.0 Å². The molecule has 2 aromatic rings. The van der Waals surface area contributed by atoms with E-state index in [1.165, 1.54) is 6.33 Å². The highest BCUT2D eigenvalue weighted by Gasteiger charge is 2.07. The van der Waals surface area contributed by atoms with Crippen LogP contribution >= 0.6 is 0 Å². The maximum absolute atomic E-state index is 11.2. The molecule has 0 bridgehead atoms. The number of nitrogens with zero attached hydrogens (tertiary/aromatic N) is 3. The summed E-state index contributed by atoms with van der Waals surface area (Å²) in [5.74, 6) is 0.0627. The van der Waals surface area contributed by atoms with Gasteiger partial charge in [0.15, 0.2) is 11.2 Å². The summed E-state index contributed by atoms with van der Waals surface area (Å²) in [6, 6.07) is 0. The highest BCUT2D eigenvalue weighted by atomic mass is 16.1.